The molecule has 0 aromatic carbocycles. The van der Waals surface area contributed by atoms with Gasteiger partial charge in [-0.3, -0.25) is 13.9 Å². The fraction of sp³-hybridized carbons (Fsp3) is 0.889. The number of rotatable bonds is 12. The Morgan fingerprint density at radius 1 is 1.07 bits per heavy atom. The largest absolute Gasteiger partial charge is 0.464 e. The van der Waals surface area contributed by atoms with Gasteiger partial charge < -0.3 is 14.3 Å². The maximum absolute atomic E-state index is 13.1. The zero-order valence-corrected chi connectivity index (χ0v) is 19.9. The van der Waals surface area contributed by atoms with Gasteiger partial charge in [0, 0.05) is 0 Å². The molecule has 0 saturated heterocycles. The minimum absolute atomic E-state index is 0.0338. The first kappa shape index (κ1) is 27.5. The molecular weight excluding hydrogens is 407 g/mol. The first-order valence-electron chi connectivity index (χ1n) is 9.13. The highest BCUT2D eigenvalue weighted by Crippen LogP contribution is 2.41. The van der Waals surface area contributed by atoms with E-state index < -0.39 is 31.3 Å². The fourth-order valence-corrected chi connectivity index (χ4v) is 4.05. The molecular formula is C18H36ClN2O6P. The summed E-state index contributed by atoms with van der Waals surface area (Å²) in [5.41, 5.74) is -1.61. The Kier molecular flexibility index (Phi) is 10.8. The van der Waals surface area contributed by atoms with Crippen molar-refractivity contribution in [3.05, 3.63) is 0 Å². The molecule has 1 unspecified atom stereocenters. The van der Waals surface area contributed by atoms with E-state index in [9.17, 15) is 14.2 Å². The van der Waals surface area contributed by atoms with Crippen molar-refractivity contribution in [3.8, 4) is 0 Å². The van der Waals surface area contributed by atoms with Gasteiger partial charge in [0.1, 0.15) is 23.9 Å². The van der Waals surface area contributed by atoms with Gasteiger partial charge in [-0.1, -0.05) is 53.1 Å². The van der Waals surface area contributed by atoms with Crippen molar-refractivity contribution in [1.29, 1.82) is 0 Å². The summed E-state index contributed by atoms with van der Waals surface area (Å²) in [6, 6.07) is -1.35. The van der Waals surface area contributed by atoms with Gasteiger partial charge in [-0.2, -0.15) is 0 Å². The molecule has 0 radical (unpaired) electrons. The molecule has 0 aliphatic carbocycles. The normalized spacial score (nSPS) is 18.0. The Hall–Kier alpha value is -0.500. The van der Waals surface area contributed by atoms with Crippen LogP contribution < -0.4 is 10.2 Å². The minimum atomic E-state index is -3.86. The SMILES string of the molecule is C[C@H](NP(=O)(N[C@@](C)(C=O)COCC(C)(C)C)OCCl)C(=O)OCC(C)(C)C. The highest BCUT2D eigenvalue weighted by atomic mass is 35.5. The van der Waals surface area contributed by atoms with Crippen molar-refractivity contribution in [2.45, 2.75) is 67.0 Å². The van der Waals surface area contributed by atoms with Gasteiger partial charge in [0.05, 0.1) is 19.8 Å². The van der Waals surface area contributed by atoms with Gasteiger partial charge in [0.25, 0.3) is 0 Å². The Balaban J connectivity index is 5.09. The number of hydrogen-bond donors (Lipinski definition) is 2. The Morgan fingerprint density at radius 3 is 2.04 bits per heavy atom. The number of alkyl halides is 1. The third-order valence-corrected chi connectivity index (χ3v) is 5.48. The highest BCUT2D eigenvalue weighted by Gasteiger charge is 2.38. The van der Waals surface area contributed by atoms with E-state index in [1.165, 1.54) is 13.8 Å². The third kappa shape index (κ3) is 12.1. The molecule has 0 aromatic heterocycles. The lowest BCUT2D eigenvalue weighted by molar-refractivity contribution is -0.148. The van der Waals surface area contributed by atoms with Gasteiger partial charge in [-0.25, -0.2) is 10.2 Å². The number of aldehydes is 1. The van der Waals surface area contributed by atoms with Crippen LogP contribution in [0.25, 0.3) is 0 Å². The second kappa shape index (κ2) is 11.0. The van der Waals surface area contributed by atoms with Crippen molar-refractivity contribution in [3.63, 3.8) is 0 Å². The Labute approximate surface area is 173 Å². The predicted molar refractivity (Wildman–Crippen MR) is 110 cm³/mol. The molecule has 28 heavy (non-hydrogen) atoms. The average Bonchev–Trinajstić information content (AvgIpc) is 2.50. The molecule has 0 amide bonds. The molecule has 0 fully saturated rings. The van der Waals surface area contributed by atoms with Crippen molar-refractivity contribution in [1.82, 2.24) is 10.2 Å². The summed E-state index contributed by atoms with van der Waals surface area (Å²) in [6.07, 6.45) is 0.587. The van der Waals surface area contributed by atoms with Gasteiger partial charge in [0.15, 0.2) is 0 Å². The molecule has 166 valence electrons. The summed E-state index contributed by atoms with van der Waals surface area (Å²) >= 11 is 5.60. The number of ether oxygens (including phenoxy) is 2. The molecule has 0 saturated carbocycles. The summed E-state index contributed by atoms with van der Waals surface area (Å²) in [6.45, 7) is 15.3. The summed E-state index contributed by atoms with van der Waals surface area (Å²) < 4.78 is 29.0. The molecule has 0 aromatic rings. The third-order valence-electron chi connectivity index (χ3n) is 3.19. The van der Waals surface area contributed by atoms with E-state index in [4.69, 9.17) is 25.6 Å². The predicted octanol–water partition coefficient (Wildman–Crippen LogP) is 3.48. The molecule has 0 aliphatic rings. The standard InChI is InChI=1S/C18H36ClN2O6P/c1-14(15(23)26-11-17(5,6)7)20-28(24,27-13-19)21-18(8,9-22)12-25-10-16(2,3)4/h9,14H,10-13H2,1-8H3,(H2,20,21,24)/t14-,18-,28?/m0/s1. The summed E-state index contributed by atoms with van der Waals surface area (Å²) in [4.78, 5) is 23.8. The molecule has 0 rings (SSSR count). The van der Waals surface area contributed by atoms with Crippen LogP contribution in [0.3, 0.4) is 0 Å². The fourth-order valence-electron chi connectivity index (χ4n) is 1.89. The van der Waals surface area contributed by atoms with Crippen molar-refractivity contribution in [2.24, 2.45) is 10.8 Å². The number of esters is 1. The molecule has 0 heterocycles. The second-order valence-electron chi connectivity index (χ2n) is 9.51. The summed E-state index contributed by atoms with van der Waals surface area (Å²) in [5.74, 6) is -0.591. The zero-order chi connectivity index (χ0) is 22.2. The topological polar surface area (TPSA) is 103 Å². The second-order valence-corrected chi connectivity index (χ2v) is 11.6. The minimum Gasteiger partial charge on any atom is -0.464 e. The van der Waals surface area contributed by atoms with E-state index in [0.29, 0.717) is 12.9 Å². The first-order valence-corrected chi connectivity index (χ1v) is 11.3. The molecule has 2 N–H and O–H groups in total. The van der Waals surface area contributed by atoms with Gasteiger partial charge in [-0.05, 0) is 24.7 Å². The van der Waals surface area contributed by atoms with Crippen LogP contribution in [0.1, 0.15) is 55.4 Å². The monoisotopic (exact) mass is 442 g/mol. The van der Waals surface area contributed by atoms with E-state index >= 15 is 0 Å². The van der Waals surface area contributed by atoms with Crippen LogP contribution >= 0.6 is 19.3 Å². The van der Waals surface area contributed by atoms with Crippen LogP contribution in [0, 0.1) is 10.8 Å². The van der Waals surface area contributed by atoms with Crippen LogP contribution in [0.15, 0.2) is 0 Å². The molecule has 0 spiro atoms. The smallest absolute Gasteiger partial charge is 0.343 e. The highest BCUT2D eigenvalue weighted by molar-refractivity contribution is 7.54. The van der Waals surface area contributed by atoms with Crippen LogP contribution in [-0.2, 0) is 28.2 Å². The van der Waals surface area contributed by atoms with Gasteiger partial charge in [-0.15, -0.1) is 0 Å². The quantitative estimate of drug-likeness (QED) is 0.205. The Bertz CT molecular complexity index is 561. The number of halogens is 1. The van der Waals surface area contributed by atoms with E-state index in [-0.39, 0.29) is 24.0 Å². The lowest BCUT2D eigenvalue weighted by atomic mass is 9.98. The number of hydrogen-bond acceptors (Lipinski definition) is 6. The molecule has 0 aliphatic heterocycles. The van der Waals surface area contributed by atoms with E-state index in [1.807, 2.05) is 41.5 Å². The summed E-state index contributed by atoms with van der Waals surface area (Å²) in [5, 5.41) is 5.21. The van der Waals surface area contributed by atoms with Gasteiger partial charge >= 0.3 is 13.6 Å². The zero-order valence-electron chi connectivity index (χ0n) is 18.3. The molecule has 8 nitrogen and oxygen atoms in total. The molecule has 10 heteroatoms. The van der Waals surface area contributed by atoms with Crippen molar-refractivity contribution in [2.75, 3.05) is 25.9 Å². The first-order chi connectivity index (χ1) is 12.5. The van der Waals surface area contributed by atoms with E-state index in [2.05, 4.69) is 10.2 Å². The molecule has 0 bridgehead atoms. The number of carbonyl (C=O) groups is 2. The van der Waals surface area contributed by atoms with Crippen LogP contribution in [-0.4, -0.2) is 49.7 Å². The van der Waals surface area contributed by atoms with Crippen molar-refractivity contribution < 1.29 is 28.2 Å². The lowest BCUT2D eigenvalue weighted by Gasteiger charge is -2.32. The van der Waals surface area contributed by atoms with Crippen LogP contribution in [0.5, 0.6) is 0 Å². The van der Waals surface area contributed by atoms with E-state index in [1.54, 1.807) is 0 Å². The maximum Gasteiger partial charge on any atom is 0.343 e. The van der Waals surface area contributed by atoms with Crippen LogP contribution in [0.4, 0.5) is 0 Å². The van der Waals surface area contributed by atoms with Gasteiger partial charge in [0.2, 0.25) is 0 Å². The van der Waals surface area contributed by atoms with Crippen LogP contribution in [0.2, 0.25) is 0 Å². The Morgan fingerprint density at radius 2 is 1.61 bits per heavy atom. The average molecular weight is 443 g/mol. The maximum atomic E-state index is 13.1. The lowest BCUT2D eigenvalue weighted by Crippen LogP contribution is -2.50. The number of nitrogens with one attached hydrogen (secondary N) is 2. The van der Waals surface area contributed by atoms with Crippen molar-refractivity contribution >= 4 is 31.5 Å². The number of carbonyl (C=O) groups excluding carboxylic acids is 2. The summed E-state index contributed by atoms with van der Waals surface area (Å²) in [7, 11) is -3.86. The molecule has 3 atom stereocenters. The van der Waals surface area contributed by atoms with E-state index in [0.717, 1.165) is 0 Å².